The number of rotatable bonds is 5. The van der Waals surface area contributed by atoms with Gasteiger partial charge in [-0.1, -0.05) is 0 Å². The Morgan fingerprint density at radius 1 is 1.03 bits per heavy atom. The Morgan fingerprint density at radius 2 is 1.80 bits per heavy atom. The summed E-state index contributed by atoms with van der Waals surface area (Å²) in [7, 11) is 0. The van der Waals surface area contributed by atoms with Gasteiger partial charge in [0.1, 0.15) is 23.3 Å². The molecule has 2 aromatic heterocycles. The summed E-state index contributed by atoms with van der Waals surface area (Å²) in [6.07, 6.45) is 6.97. The molecule has 2 aliphatic rings. The average molecular weight is 477 g/mol. The summed E-state index contributed by atoms with van der Waals surface area (Å²) in [5.41, 5.74) is 1.35. The lowest BCUT2D eigenvalue weighted by atomic mass is 10.1. The molecule has 8 nitrogen and oxygen atoms in total. The number of hydrogen-bond acceptors (Lipinski definition) is 5. The molecule has 1 saturated carbocycles. The van der Waals surface area contributed by atoms with Gasteiger partial charge in [0.15, 0.2) is 0 Å². The molecule has 0 unspecified atom stereocenters. The van der Waals surface area contributed by atoms with E-state index in [1.165, 1.54) is 0 Å². The Balaban J connectivity index is 1.19. The van der Waals surface area contributed by atoms with Crippen molar-refractivity contribution in [2.24, 2.45) is 5.92 Å². The zero-order valence-electron chi connectivity index (χ0n) is 20.5. The summed E-state index contributed by atoms with van der Waals surface area (Å²) in [4.78, 5) is 30.6. The molecule has 1 saturated heterocycles. The zero-order chi connectivity index (χ0) is 24.6. The van der Waals surface area contributed by atoms with Crippen molar-refractivity contribution >= 4 is 28.6 Å². The van der Waals surface area contributed by atoms with Gasteiger partial charge in [0.05, 0.1) is 11.7 Å². The van der Waals surface area contributed by atoms with Gasteiger partial charge < -0.3 is 24.3 Å². The van der Waals surface area contributed by atoms with Gasteiger partial charge in [-0.3, -0.25) is 4.79 Å². The van der Waals surface area contributed by atoms with E-state index < -0.39 is 5.60 Å². The van der Waals surface area contributed by atoms with Crippen molar-refractivity contribution in [2.45, 2.75) is 58.2 Å². The number of benzene rings is 1. The summed E-state index contributed by atoms with van der Waals surface area (Å²) in [5, 5.41) is 4.04. The number of carbonyl (C=O) groups is 2. The van der Waals surface area contributed by atoms with Crippen molar-refractivity contribution in [3.8, 4) is 11.6 Å². The molecule has 3 heterocycles. The molecule has 2 fully saturated rings. The van der Waals surface area contributed by atoms with Gasteiger partial charge in [-0.05, 0) is 70.0 Å². The van der Waals surface area contributed by atoms with Crippen LogP contribution in [0.1, 0.15) is 46.5 Å². The van der Waals surface area contributed by atoms with Crippen LogP contribution in [0.2, 0.25) is 0 Å². The normalized spacial score (nSPS) is 16.8. The highest BCUT2D eigenvalue weighted by atomic mass is 16.6. The number of carbonyl (C=O) groups excluding carboxylic acids is 2. The quantitative estimate of drug-likeness (QED) is 0.550. The summed E-state index contributed by atoms with van der Waals surface area (Å²) in [6, 6.07) is 11.8. The summed E-state index contributed by atoms with van der Waals surface area (Å²) >= 11 is 0. The first kappa shape index (κ1) is 23.2. The van der Waals surface area contributed by atoms with E-state index in [2.05, 4.69) is 10.3 Å². The molecule has 1 aliphatic carbocycles. The third kappa shape index (κ3) is 5.58. The van der Waals surface area contributed by atoms with Crippen molar-refractivity contribution in [2.75, 3.05) is 18.4 Å². The molecule has 1 aromatic carbocycles. The van der Waals surface area contributed by atoms with Crippen molar-refractivity contribution in [1.29, 1.82) is 0 Å². The van der Waals surface area contributed by atoms with E-state index in [1.54, 1.807) is 11.1 Å². The lowest BCUT2D eigenvalue weighted by molar-refractivity contribution is -0.117. The molecule has 2 amide bonds. The summed E-state index contributed by atoms with van der Waals surface area (Å²) in [5.74, 6) is 1.79. The fraction of sp³-hybridized carbons (Fsp3) is 0.444. The number of nitrogens with one attached hydrogen (secondary N) is 1. The molecule has 0 atom stereocenters. The van der Waals surface area contributed by atoms with Crippen LogP contribution < -0.4 is 10.1 Å². The van der Waals surface area contributed by atoms with E-state index in [9.17, 15) is 9.59 Å². The highest BCUT2D eigenvalue weighted by molar-refractivity contribution is 5.96. The molecule has 3 aromatic rings. The molecule has 184 valence electrons. The van der Waals surface area contributed by atoms with Crippen LogP contribution in [0, 0.1) is 5.92 Å². The number of nitrogens with zero attached hydrogens (tertiary/aromatic N) is 3. The Kier molecular flexibility index (Phi) is 6.13. The standard InChI is InChI=1S/C27H32N4O4/c1-27(2,3)35-26(33)30-13-11-21(12-14-30)34-22-7-9-24(28-17-22)31-15-10-19-16-20(6-8-23(19)31)29-25(32)18-4-5-18/h6-10,15-18,21H,4-5,11-14H2,1-3H3,(H,29,32). The molecule has 5 rings (SSSR count). The topological polar surface area (TPSA) is 85.7 Å². The zero-order valence-corrected chi connectivity index (χ0v) is 20.5. The SMILES string of the molecule is CC(C)(C)OC(=O)N1CCC(Oc2ccc(-n3ccc4cc(NC(=O)C5CC5)ccc43)nc2)CC1. The van der Waals surface area contributed by atoms with Crippen LogP contribution in [0.15, 0.2) is 48.8 Å². The summed E-state index contributed by atoms with van der Waals surface area (Å²) in [6.45, 7) is 6.86. The predicted octanol–water partition coefficient (Wildman–Crippen LogP) is 5.15. The molecule has 1 N–H and O–H groups in total. The van der Waals surface area contributed by atoms with Gasteiger partial charge >= 0.3 is 6.09 Å². The number of ether oxygens (including phenoxy) is 2. The fourth-order valence-electron chi connectivity index (χ4n) is 4.27. The number of pyridine rings is 1. The van der Waals surface area contributed by atoms with Crippen LogP contribution in [0.25, 0.3) is 16.7 Å². The average Bonchev–Trinajstić information content (AvgIpc) is 3.59. The van der Waals surface area contributed by atoms with E-state index in [0.29, 0.717) is 18.8 Å². The minimum Gasteiger partial charge on any atom is -0.489 e. The van der Waals surface area contributed by atoms with E-state index in [1.807, 2.05) is 67.9 Å². The first-order valence-electron chi connectivity index (χ1n) is 12.3. The number of anilines is 1. The predicted molar refractivity (Wildman–Crippen MR) is 134 cm³/mol. The molecule has 0 radical (unpaired) electrons. The molecular formula is C27H32N4O4. The maximum atomic E-state index is 12.2. The first-order valence-corrected chi connectivity index (χ1v) is 12.3. The largest absolute Gasteiger partial charge is 0.489 e. The number of likely N-dealkylation sites (tertiary alicyclic amines) is 1. The number of amides is 2. The summed E-state index contributed by atoms with van der Waals surface area (Å²) < 4.78 is 13.6. The Labute approximate surface area is 205 Å². The van der Waals surface area contributed by atoms with Crippen LogP contribution in [-0.2, 0) is 9.53 Å². The van der Waals surface area contributed by atoms with Gasteiger partial charge in [0.2, 0.25) is 5.91 Å². The van der Waals surface area contributed by atoms with Crippen LogP contribution in [0.5, 0.6) is 5.75 Å². The van der Waals surface area contributed by atoms with Gasteiger partial charge in [-0.15, -0.1) is 0 Å². The van der Waals surface area contributed by atoms with Crippen molar-refractivity contribution in [1.82, 2.24) is 14.5 Å². The Bertz CT molecular complexity index is 1220. The number of aromatic nitrogens is 2. The fourth-order valence-corrected chi connectivity index (χ4v) is 4.27. The number of fused-ring (bicyclic) bond motifs is 1. The van der Waals surface area contributed by atoms with Crippen LogP contribution in [0.4, 0.5) is 10.5 Å². The highest BCUT2D eigenvalue weighted by Crippen LogP contribution is 2.31. The third-order valence-electron chi connectivity index (χ3n) is 6.27. The molecular weight excluding hydrogens is 444 g/mol. The van der Waals surface area contributed by atoms with Crippen molar-refractivity contribution in [3.05, 3.63) is 48.8 Å². The van der Waals surface area contributed by atoms with Gasteiger partial charge in [0.25, 0.3) is 0 Å². The maximum Gasteiger partial charge on any atom is 0.410 e. The van der Waals surface area contributed by atoms with Crippen molar-refractivity contribution in [3.63, 3.8) is 0 Å². The van der Waals surface area contributed by atoms with Crippen LogP contribution in [-0.4, -0.2) is 51.2 Å². The number of piperidine rings is 1. The molecule has 8 heteroatoms. The second kappa shape index (κ2) is 9.24. The van der Waals surface area contributed by atoms with Crippen molar-refractivity contribution < 1.29 is 19.1 Å². The van der Waals surface area contributed by atoms with Gasteiger partial charge in [-0.25, -0.2) is 9.78 Å². The monoisotopic (exact) mass is 476 g/mol. The van der Waals surface area contributed by atoms with Gasteiger partial charge in [-0.2, -0.15) is 0 Å². The Hall–Kier alpha value is -3.55. The van der Waals surface area contributed by atoms with E-state index in [0.717, 1.165) is 48.1 Å². The number of hydrogen-bond donors (Lipinski definition) is 1. The maximum absolute atomic E-state index is 12.2. The molecule has 0 bridgehead atoms. The molecule has 35 heavy (non-hydrogen) atoms. The third-order valence-corrected chi connectivity index (χ3v) is 6.27. The van der Waals surface area contributed by atoms with E-state index >= 15 is 0 Å². The van der Waals surface area contributed by atoms with E-state index in [-0.39, 0.29) is 24.0 Å². The van der Waals surface area contributed by atoms with Crippen LogP contribution >= 0.6 is 0 Å². The molecule has 1 aliphatic heterocycles. The van der Waals surface area contributed by atoms with Gasteiger partial charge in [0, 0.05) is 49.1 Å². The second-order valence-electron chi connectivity index (χ2n) is 10.4. The lowest BCUT2D eigenvalue weighted by Crippen LogP contribution is -2.44. The van der Waals surface area contributed by atoms with Crippen LogP contribution in [0.3, 0.4) is 0 Å². The van der Waals surface area contributed by atoms with E-state index in [4.69, 9.17) is 9.47 Å². The smallest absolute Gasteiger partial charge is 0.410 e. The minimum atomic E-state index is -0.489. The minimum absolute atomic E-state index is 0.0398. The second-order valence-corrected chi connectivity index (χ2v) is 10.4. The Morgan fingerprint density at radius 3 is 2.46 bits per heavy atom. The highest BCUT2D eigenvalue weighted by Gasteiger charge is 2.30. The molecule has 0 spiro atoms. The lowest BCUT2D eigenvalue weighted by Gasteiger charge is -2.33. The first-order chi connectivity index (χ1) is 16.7.